The minimum absolute atomic E-state index is 0.0317. The second kappa shape index (κ2) is 7.45. The van der Waals surface area contributed by atoms with Gasteiger partial charge in [0.05, 0.1) is 5.75 Å². The van der Waals surface area contributed by atoms with Crippen molar-refractivity contribution in [2.75, 3.05) is 5.75 Å². The molecule has 4 fully saturated rings. The van der Waals surface area contributed by atoms with Gasteiger partial charge in [-0.3, -0.25) is 10.1 Å². The lowest BCUT2D eigenvalue weighted by atomic mass is 9.49. The van der Waals surface area contributed by atoms with Crippen LogP contribution in [0, 0.1) is 17.8 Å². The Morgan fingerprint density at radius 2 is 1.81 bits per heavy atom. The van der Waals surface area contributed by atoms with Crippen molar-refractivity contribution >= 4 is 23.7 Å². The molecule has 0 unspecified atom stereocenters. The number of carbonyl (C=O) groups excluding carboxylic acids is 2. The maximum Gasteiger partial charge on any atom is 0.321 e. The number of nitrogens with one attached hydrogen (secondary N) is 2. The zero-order chi connectivity index (χ0) is 19.0. The number of imide groups is 1. The minimum atomic E-state index is -0.463. The molecule has 1 aromatic rings. The first-order valence-corrected chi connectivity index (χ1v) is 11.0. The van der Waals surface area contributed by atoms with Crippen LogP contribution < -0.4 is 10.6 Å². The average Bonchev–Trinajstić information content (AvgIpc) is 3.08. The second-order valence-corrected chi connectivity index (χ2v) is 9.62. The van der Waals surface area contributed by atoms with Crippen molar-refractivity contribution in [3.63, 3.8) is 0 Å². The Labute approximate surface area is 163 Å². The van der Waals surface area contributed by atoms with Crippen LogP contribution in [0.2, 0.25) is 0 Å². The summed E-state index contributed by atoms with van der Waals surface area (Å²) in [6.45, 7) is 3.86. The summed E-state index contributed by atoms with van der Waals surface area (Å²) in [7, 11) is 0. The van der Waals surface area contributed by atoms with E-state index in [0.717, 1.165) is 30.1 Å². The molecular weight excluding hydrogens is 364 g/mol. The van der Waals surface area contributed by atoms with E-state index in [-0.39, 0.29) is 23.1 Å². The van der Waals surface area contributed by atoms with E-state index in [9.17, 15) is 9.59 Å². The summed E-state index contributed by atoms with van der Waals surface area (Å²) in [6.07, 6.45) is 8.42. The van der Waals surface area contributed by atoms with E-state index in [1.54, 1.807) is 0 Å². The zero-order valence-electron chi connectivity index (χ0n) is 16.0. The van der Waals surface area contributed by atoms with Gasteiger partial charge in [-0.15, -0.1) is 10.2 Å². The standard InChI is InChI=1S/C19H28N4O3S/c1-3-11(2)20-17(25)21-15(24)10-27-18-23-22-16(26-18)19-7-12-4-13(8-19)6-14(5-12)9-19/h11-14H,3-10H2,1-2H3,(H2,20,21,24,25)/t11-,12?,13?,14?,19?/m1/s1. The number of urea groups is 1. The van der Waals surface area contributed by atoms with Crippen molar-refractivity contribution in [1.29, 1.82) is 0 Å². The molecule has 7 nitrogen and oxygen atoms in total. The lowest BCUT2D eigenvalue weighted by molar-refractivity contribution is -0.117. The summed E-state index contributed by atoms with van der Waals surface area (Å²) in [6, 6.07) is -0.432. The van der Waals surface area contributed by atoms with E-state index in [2.05, 4.69) is 20.8 Å². The first-order chi connectivity index (χ1) is 13.0. The lowest BCUT2D eigenvalue weighted by Crippen LogP contribution is -2.48. The summed E-state index contributed by atoms with van der Waals surface area (Å²) < 4.78 is 5.97. The first-order valence-electron chi connectivity index (χ1n) is 10.0. The SMILES string of the molecule is CC[C@@H](C)NC(=O)NC(=O)CSc1nnc(C23CC4CC(CC(C4)C2)C3)o1. The number of hydrogen-bond acceptors (Lipinski definition) is 6. The van der Waals surface area contributed by atoms with Crippen LogP contribution in [0.15, 0.2) is 9.64 Å². The van der Waals surface area contributed by atoms with Crippen LogP contribution in [0.5, 0.6) is 0 Å². The Kier molecular flexibility index (Phi) is 5.18. The maximum atomic E-state index is 11.9. The molecule has 1 heterocycles. The molecule has 4 aliphatic carbocycles. The molecule has 4 aliphatic rings. The summed E-state index contributed by atoms with van der Waals surface area (Å²) >= 11 is 1.19. The molecule has 3 amide bonds. The highest BCUT2D eigenvalue weighted by atomic mass is 32.2. The van der Waals surface area contributed by atoms with Crippen LogP contribution in [-0.2, 0) is 10.2 Å². The molecule has 2 N–H and O–H groups in total. The number of rotatable bonds is 6. The predicted molar refractivity (Wildman–Crippen MR) is 101 cm³/mol. The number of amides is 3. The van der Waals surface area contributed by atoms with Gasteiger partial charge in [0.25, 0.3) is 5.22 Å². The molecular formula is C19H28N4O3S. The number of nitrogens with zero attached hydrogens (tertiary/aromatic N) is 2. The van der Waals surface area contributed by atoms with Crippen LogP contribution in [0.1, 0.15) is 64.7 Å². The molecule has 0 aliphatic heterocycles. The van der Waals surface area contributed by atoms with E-state index in [1.807, 2.05) is 13.8 Å². The first kappa shape index (κ1) is 18.8. The van der Waals surface area contributed by atoms with Gasteiger partial charge in [-0.25, -0.2) is 4.79 Å². The molecule has 1 aromatic heterocycles. The van der Waals surface area contributed by atoms with Crippen molar-refractivity contribution < 1.29 is 14.0 Å². The number of aromatic nitrogens is 2. The third kappa shape index (κ3) is 4.00. The summed E-state index contributed by atoms with van der Waals surface area (Å²) in [4.78, 5) is 23.6. The number of hydrogen-bond donors (Lipinski definition) is 2. The van der Waals surface area contributed by atoms with E-state index in [4.69, 9.17) is 4.42 Å². The van der Waals surface area contributed by atoms with E-state index < -0.39 is 6.03 Å². The predicted octanol–water partition coefficient (Wildman–Crippen LogP) is 3.25. The molecule has 5 rings (SSSR count). The highest BCUT2D eigenvalue weighted by molar-refractivity contribution is 7.99. The van der Waals surface area contributed by atoms with E-state index >= 15 is 0 Å². The normalized spacial score (nSPS) is 32.3. The Balaban J connectivity index is 1.31. The fourth-order valence-corrected chi connectivity index (χ4v) is 6.07. The Hall–Kier alpha value is -1.57. The van der Waals surface area contributed by atoms with Gasteiger partial charge in [-0.1, -0.05) is 18.7 Å². The van der Waals surface area contributed by atoms with Gasteiger partial charge in [0, 0.05) is 11.5 Å². The molecule has 0 spiro atoms. The quantitative estimate of drug-likeness (QED) is 0.721. The van der Waals surface area contributed by atoms with E-state index in [0.29, 0.717) is 5.22 Å². The fourth-order valence-electron chi connectivity index (χ4n) is 5.51. The Morgan fingerprint density at radius 1 is 1.19 bits per heavy atom. The van der Waals surface area contributed by atoms with Crippen molar-refractivity contribution in [1.82, 2.24) is 20.8 Å². The van der Waals surface area contributed by atoms with Gasteiger partial charge in [-0.05, 0) is 69.6 Å². The minimum Gasteiger partial charge on any atom is -0.415 e. The van der Waals surface area contributed by atoms with Gasteiger partial charge in [0.2, 0.25) is 11.8 Å². The molecule has 148 valence electrons. The smallest absolute Gasteiger partial charge is 0.321 e. The van der Waals surface area contributed by atoms with Gasteiger partial charge >= 0.3 is 6.03 Å². The van der Waals surface area contributed by atoms with Crippen LogP contribution in [0.3, 0.4) is 0 Å². The topological polar surface area (TPSA) is 97.1 Å². The van der Waals surface area contributed by atoms with Crippen LogP contribution in [-0.4, -0.2) is 33.9 Å². The van der Waals surface area contributed by atoms with Crippen LogP contribution in [0.25, 0.3) is 0 Å². The summed E-state index contributed by atoms with van der Waals surface area (Å²) in [5.41, 5.74) is 0.0684. The molecule has 0 radical (unpaired) electrons. The largest absolute Gasteiger partial charge is 0.415 e. The molecule has 0 aromatic carbocycles. The molecule has 4 saturated carbocycles. The van der Waals surface area contributed by atoms with Crippen molar-refractivity contribution in [3.8, 4) is 0 Å². The van der Waals surface area contributed by atoms with Crippen LogP contribution >= 0.6 is 11.8 Å². The molecule has 8 heteroatoms. The fraction of sp³-hybridized carbons (Fsp3) is 0.789. The number of carbonyl (C=O) groups is 2. The highest BCUT2D eigenvalue weighted by Gasteiger charge is 2.54. The van der Waals surface area contributed by atoms with Crippen molar-refractivity contribution in [2.24, 2.45) is 17.8 Å². The molecule has 4 bridgehead atoms. The van der Waals surface area contributed by atoms with Gasteiger partial charge < -0.3 is 9.73 Å². The highest BCUT2D eigenvalue weighted by Crippen LogP contribution is 2.60. The average molecular weight is 393 g/mol. The monoisotopic (exact) mass is 392 g/mol. The summed E-state index contributed by atoms with van der Waals surface area (Å²) in [5.74, 6) is 2.92. The third-order valence-electron chi connectivity index (χ3n) is 6.47. The van der Waals surface area contributed by atoms with Gasteiger partial charge in [-0.2, -0.15) is 0 Å². The van der Waals surface area contributed by atoms with E-state index in [1.165, 1.54) is 50.3 Å². The molecule has 1 atom stereocenters. The van der Waals surface area contributed by atoms with Crippen molar-refractivity contribution in [2.45, 2.75) is 75.5 Å². The lowest BCUT2D eigenvalue weighted by Gasteiger charge is -2.55. The maximum absolute atomic E-state index is 11.9. The van der Waals surface area contributed by atoms with Gasteiger partial charge in [0.1, 0.15) is 0 Å². The van der Waals surface area contributed by atoms with Gasteiger partial charge in [0.15, 0.2) is 0 Å². The second-order valence-electron chi connectivity index (χ2n) is 8.69. The molecule has 0 saturated heterocycles. The Bertz CT molecular complexity index is 684. The Morgan fingerprint density at radius 3 is 2.41 bits per heavy atom. The van der Waals surface area contributed by atoms with Crippen molar-refractivity contribution in [3.05, 3.63) is 5.89 Å². The zero-order valence-corrected chi connectivity index (χ0v) is 16.8. The summed E-state index contributed by atoms with van der Waals surface area (Å²) in [5, 5.41) is 14.0. The number of thioether (sulfide) groups is 1. The third-order valence-corrected chi connectivity index (χ3v) is 7.29. The van der Waals surface area contributed by atoms with Crippen LogP contribution in [0.4, 0.5) is 4.79 Å². The molecule has 27 heavy (non-hydrogen) atoms.